The molecule has 1 unspecified atom stereocenters. The van der Waals surface area contributed by atoms with Gasteiger partial charge in [-0.05, 0) is 26.3 Å². The van der Waals surface area contributed by atoms with Crippen molar-refractivity contribution in [2.24, 2.45) is 5.73 Å². The molecule has 1 heterocycles. The molecule has 1 amide bonds. The zero-order chi connectivity index (χ0) is 15.9. The maximum Gasteiger partial charge on any atom is 0.247 e. The Bertz CT molecular complexity index is 642. The van der Waals surface area contributed by atoms with Gasteiger partial charge >= 0.3 is 0 Å². The molecule has 1 aromatic carbocycles. The third-order valence-corrected chi connectivity index (χ3v) is 6.68. The summed E-state index contributed by atoms with van der Waals surface area (Å²) >= 11 is 0. The standard InChI is InChI=1S/C15H22N2O3S.ClH/c1-14(2)11-17(9-10-21(14,19)20)13(18)15(3,16)12-7-5-4-6-8-12;/h4-8H,9-11,16H2,1-3H3;1H. The van der Waals surface area contributed by atoms with Crippen LogP contribution in [-0.2, 0) is 20.2 Å². The lowest BCUT2D eigenvalue weighted by Gasteiger charge is -2.40. The molecule has 0 bridgehead atoms. The molecule has 0 aromatic heterocycles. The monoisotopic (exact) mass is 346 g/mol. The third-order valence-electron chi connectivity index (χ3n) is 4.15. The molecule has 2 N–H and O–H groups in total. The fourth-order valence-electron chi connectivity index (χ4n) is 2.55. The maximum absolute atomic E-state index is 12.7. The second-order valence-corrected chi connectivity index (χ2v) is 9.12. The van der Waals surface area contributed by atoms with Crippen LogP contribution in [0.3, 0.4) is 0 Å². The number of rotatable bonds is 2. The smallest absolute Gasteiger partial charge is 0.247 e. The Morgan fingerprint density at radius 2 is 1.82 bits per heavy atom. The van der Waals surface area contributed by atoms with E-state index in [2.05, 4.69) is 0 Å². The van der Waals surface area contributed by atoms with Gasteiger partial charge in [-0.15, -0.1) is 12.4 Å². The van der Waals surface area contributed by atoms with Crippen LogP contribution >= 0.6 is 12.4 Å². The van der Waals surface area contributed by atoms with Gasteiger partial charge in [0.15, 0.2) is 9.84 Å². The molecular formula is C15H23ClN2O3S. The van der Waals surface area contributed by atoms with E-state index >= 15 is 0 Å². The highest BCUT2D eigenvalue weighted by molar-refractivity contribution is 7.92. The van der Waals surface area contributed by atoms with Crippen LogP contribution in [0.25, 0.3) is 0 Å². The van der Waals surface area contributed by atoms with Crippen LogP contribution in [0, 0.1) is 0 Å². The molecule has 5 nitrogen and oxygen atoms in total. The molecule has 1 aliphatic rings. The van der Waals surface area contributed by atoms with Crippen LogP contribution < -0.4 is 5.73 Å². The van der Waals surface area contributed by atoms with Crippen LogP contribution in [0.1, 0.15) is 26.3 Å². The molecule has 22 heavy (non-hydrogen) atoms. The Kier molecular flexibility index (Phi) is 5.32. The molecule has 124 valence electrons. The molecule has 2 rings (SSSR count). The van der Waals surface area contributed by atoms with E-state index < -0.39 is 20.1 Å². The van der Waals surface area contributed by atoms with E-state index in [0.717, 1.165) is 5.56 Å². The summed E-state index contributed by atoms with van der Waals surface area (Å²) in [5.41, 5.74) is 5.80. The highest BCUT2D eigenvalue weighted by Crippen LogP contribution is 2.27. The van der Waals surface area contributed by atoms with Gasteiger partial charge in [0.05, 0.1) is 10.5 Å². The first kappa shape index (κ1) is 18.9. The van der Waals surface area contributed by atoms with Crippen molar-refractivity contribution in [1.82, 2.24) is 4.90 Å². The minimum atomic E-state index is -3.17. The summed E-state index contributed by atoms with van der Waals surface area (Å²) in [5.74, 6) is -0.256. The fourth-order valence-corrected chi connectivity index (χ4v) is 3.92. The van der Waals surface area contributed by atoms with Crippen LogP contribution in [-0.4, -0.2) is 42.8 Å². The summed E-state index contributed by atoms with van der Waals surface area (Å²) in [5, 5.41) is 0. The largest absolute Gasteiger partial charge is 0.338 e. The number of halogens is 1. The Hall–Kier alpha value is -1.11. The minimum absolute atomic E-state index is 0. The van der Waals surface area contributed by atoms with Gasteiger partial charge in [0.25, 0.3) is 0 Å². The lowest BCUT2D eigenvalue weighted by molar-refractivity contribution is -0.137. The summed E-state index contributed by atoms with van der Waals surface area (Å²) in [6.07, 6.45) is 0. The Morgan fingerprint density at radius 1 is 1.27 bits per heavy atom. The van der Waals surface area contributed by atoms with Crippen molar-refractivity contribution in [2.45, 2.75) is 31.1 Å². The average molecular weight is 347 g/mol. The second-order valence-electron chi connectivity index (χ2n) is 6.37. The Labute approximate surface area is 138 Å². The Balaban J connectivity index is 0.00000242. The van der Waals surface area contributed by atoms with Crippen molar-refractivity contribution in [3.8, 4) is 0 Å². The van der Waals surface area contributed by atoms with Gasteiger partial charge in [0, 0.05) is 13.1 Å². The van der Waals surface area contributed by atoms with Gasteiger partial charge in [0.2, 0.25) is 5.91 Å². The number of hydrogen-bond donors (Lipinski definition) is 1. The van der Waals surface area contributed by atoms with E-state index in [1.165, 1.54) is 0 Å². The normalized spacial score (nSPS) is 22.3. The maximum atomic E-state index is 12.7. The lowest BCUT2D eigenvalue weighted by Crippen LogP contribution is -2.60. The molecule has 0 aliphatic carbocycles. The molecule has 0 spiro atoms. The first-order chi connectivity index (χ1) is 9.58. The SMILES string of the molecule is CC(N)(C(=O)N1CCS(=O)(=O)C(C)(C)C1)c1ccccc1.Cl. The zero-order valence-corrected chi connectivity index (χ0v) is 14.7. The summed E-state index contributed by atoms with van der Waals surface area (Å²) in [4.78, 5) is 14.3. The van der Waals surface area contributed by atoms with Gasteiger partial charge < -0.3 is 10.6 Å². The number of amides is 1. The van der Waals surface area contributed by atoms with Crippen LogP contribution in [0.15, 0.2) is 30.3 Å². The quantitative estimate of drug-likeness (QED) is 0.875. The predicted octanol–water partition coefficient (Wildman–Crippen LogP) is 1.32. The van der Waals surface area contributed by atoms with Crippen molar-refractivity contribution >= 4 is 28.2 Å². The van der Waals surface area contributed by atoms with Gasteiger partial charge in [-0.3, -0.25) is 4.79 Å². The topological polar surface area (TPSA) is 80.5 Å². The third kappa shape index (κ3) is 3.29. The van der Waals surface area contributed by atoms with E-state index in [9.17, 15) is 13.2 Å². The van der Waals surface area contributed by atoms with Crippen molar-refractivity contribution in [1.29, 1.82) is 0 Å². The summed E-state index contributed by atoms with van der Waals surface area (Å²) in [7, 11) is -3.17. The van der Waals surface area contributed by atoms with Crippen molar-refractivity contribution in [3.05, 3.63) is 35.9 Å². The number of carbonyl (C=O) groups excluding carboxylic acids is 1. The molecule has 7 heteroatoms. The van der Waals surface area contributed by atoms with E-state index in [-0.39, 0.29) is 37.2 Å². The molecule has 0 saturated carbocycles. The fraction of sp³-hybridized carbons (Fsp3) is 0.533. The first-order valence-corrected chi connectivity index (χ1v) is 8.59. The van der Waals surface area contributed by atoms with Gasteiger partial charge in [0.1, 0.15) is 5.54 Å². The molecule has 1 aromatic rings. The Morgan fingerprint density at radius 3 is 2.32 bits per heavy atom. The molecule has 1 atom stereocenters. The van der Waals surface area contributed by atoms with E-state index in [1.807, 2.05) is 30.3 Å². The van der Waals surface area contributed by atoms with Crippen LogP contribution in [0.5, 0.6) is 0 Å². The first-order valence-electron chi connectivity index (χ1n) is 6.94. The second kappa shape index (κ2) is 6.18. The predicted molar refractivity (Wildman–Crippen MR) is 89.7 cm³/mol. The molecule has 1 fully saturated rings. The molecule has 0 radical (unpaired) electrons. The van der Waals surface area contributed by atoms with E-state index in [0.29, 0.717) is 0 Å². The van der Waals surface area contributed by atoms with Gasteiger partial charge in [-0.1, -0.05) is 30.3 Å². The molecule has 1 saturated heterocycles. The molecule has 1 aliphatic heterocycles. The number of nitrogens with two attached hydrogens (primary N) is 1. The summed E-state index contributed by atoms with van der Waals surface area (Å²) in [6, 6.07) is 9.14. The van der Waals surface area contributed by atoms with Crippen molar-refractivity contribution < 1.29 is 13.2 Å². The lowest BCUT2D eigenvalue weighted by atomic mass is 9.91. The van der Waals surface area contributed by atoms with Crippen molar-refractivity contribution in [2.75, 3.05) is 18.8 Å². The van der Waals surface area contributed by atoms with E-state index in [4.69, 9.17) is 5.73 Å². The number of sulfone groups is 1. The highest BCUT2D eigenvalue weighted by Gasteiger charge is 2.44. The van der Waals surface area contributed by atoms with Gasteiger partial charge in [-0.2, -0.15) is 0 Å². The van der Waals surface area contributed by atoms with Crippen molar-refractivity contribution in [3.63, 3.8) is 0 Å². The molecular weight excluding hydrogens is 324 g/mol. The number of carbonyl (C=O) groups is 1. The van der Waals surface area contributed by atoms with Crippen LogP contribution in [0.2, 0.25) is 0 Å². The van der Waals surface area contributed by atoms with Crippen LogP contribution in [0.4, 0.5) is 0 Å². The van der Waals surface area contributed by atoms with Gasteiger partial charge in [-0.25, -0.2) is 8.42 Å². The average Bonchev–Trinajstić information content (AvgIpc) is 2.42. The minimum Gasteiger partial charge on any atom is -0.338 e. The summed E-state index contributed by atoms with van der Waals surface area (Å²) < 4.78 is 23.1. The number of benzene rings is 1. The number of nitrogens with zero attached hydrogens (tertiary/aromatic N) is 1. The summed E-state index contributed by atoms with van der Waals surface area (Å²) in [6.45, 7) is 5.34. The number of hydrogen-bond acceptors (Lipinski definition) is 4. The van der Waals surface area contributed by atoms with E-state index in [1.54, 1.807) is 25.7 Å². The highest BCUT2D eigenvalue weighted by atomic mass is 35.5. The zero-order valence-electron chi connectivity index (χ0n) is 13.1.